The summed E-state index contributed by atoms with van der Waals surface area (Å²) in [7, 11) is 0. The molecule has 1 heterocycles. The predicted octanol–water partition coefficient (Wildman–Crippen LogP) is 3.05. The van der Waals surface area contributed by atoms with E-state index in [1.54, 1.807) is 4.90 Å². The van der Waals surface area contributed by atoms with Gasteiger partial charge in [0.2, 0.25) is 0 Å². The fraction of sp³-hybridized carbons (Fsp3) is 0.889. The number of rotatable bonds is 6. The average molecular weight is 327 g/mol. The molecule has 0 amide bonds. The van der Waals surface area contributed by atoms with Gasteiger partial charge < -0.3 is 24.6 Å². The number of hydrogen-bond donors (Lipinski definition) is 2. The highest BCUT2D eigenvalue weighted by Crippen LogP contribution is 2.45. The number of aliphatic hydroxyl groups is 2. The molecule has 0 aromatic carbocycles. The van der Waals surface area contributed by atoms with E-state index in [9.17, 15) is 5.11 Å². The van der Waals surface area contributed by atoms with Crippen LogP contribution < -0.4 is 0 Å². The summed E-state index contributed by atoms with van der Waals surface area (Å²) < 4.78 is 12.3. The van der Waals surface area contributed by atoms with Crippen LogP contribution in [0.5, 0.6) is 0 Å². The standard InChI is InChI=1S/C18H33NO4/c1-14(21)19(10-5-11-20)12-16-13-22-18(23-16)8-6-15(7-9-18)17(2,3)4/h15-16,20-21H,1,5-13H2,2-4H3. The lowest BCUT2D eigenvalue weighted by atomic mass is 9.71. The first-order valence-electron chi connectivity index (χ1n) is 8.81. The Morgan fingerprint density at radius 3 is 2.48 bits per heavy atom. The van der Waals surface area contributed by atoms with E-state index in [-0.39, 0.29) is 18.6 Å². The summed E-state index contributed by atoms with van der Waals surface area (Å²) in [5.74, 6) is 0.323. The molecule has 1 spiro atoms. The van der Waals surface area contributed by atoms with E-state index in [1.165, 1.54) is 0 Å². The van der Waals surface area contributed by atoms with Crippen LogP contribution in [0.2, 0.25) is 0 Å². The van der Waals surface area contributed by atoms with Crippen molar-refractivity contribution in [2.45, 2.75) is 64.8 Å². The van der Waals surface area contributed by atoms with Crippen molar-refractivity contribution in [2.75, 3.05) is 26.3 Å². The largest absolute Gasteiger partial charge is 0.495 e. The van der Waals surface area contributed by atoms with Gasteiger partial charge in [0, 0.05) is 32.5 Å². The molecule has 1 aliphatic carbocycles. The zero-order valence-electron chi connectivity index (χ0n) is 14.9. The van der Waals surface area contributed by atoms with E-state index in [2.05, 4.69) is 27.4 Å². The van der Waals surface area contributed by atoms with Crippen LogP contribution in [0, 0.1) is 11.3 Å². The van der Waals surface area contributed by atoms with E-state index in [4.69, 9.17) is 14.6 Å². The van der Waals surface area contributed by atoms with E-state index in [1.807, 2.05) is 0 Å². The molecule has 2 fully saturated rings. The van der Waals surface area contributed by atoms with Crippen molar-refractivity contribution in [3.8, 4) is 0 Å². The van der Waals surface area contributed by atoms with Crippen molar-refractivity contribution < 1.29 is 19.7 Å². The van der Waals surface area contributed by atoms with Gasteiger partial charge in [-0.15, -0.1) is 0 Å². The number of ether oxygens (including phenoxy) is 2. The minimum Gasteiger partial charge on any atom is -0.495 e. The minimum absolute atomic E-state index is 0.0273. The number of hydrogen-bond acceptors (Lipinski definition) is 5. The molecule has 0 aromatic heterocycles. The van der Waals surface area contributed by atoms with Gasteiger partial charge in [0.25, 0.3) is 0 Å². The van der Waals surface area contributed by atoms with Gasteiger partial charge in [-0.2, -0.15) is 0 Å². The Bertz CT molecular complexity index is 396. The molecule has 2 rings (SSSR count). The average Bonchev–Trinajstić information content (AvgIpc) is 2.85. The maximum atomic E-state index is 9.68. The van der Waals surface area contributed by atoms with Crippen LogP contribution in [0.25, 0.3) is 0 Å². The Labute approximate surface area is 140 Å². The second kappa shape index (κ2) is 7.41. The molecule has 0 radical (unpaired) electrons. The van der Waals surface area contributed by atoms with Crippen molar-refractivity contribution in [1.82, 2.24) is 4.90 Å². The van der Waals surface area contributed by atoms with E-state index in [0.29, 0.717) is 31.5 Å². The second-order valence-electron chi connectivity index (χ2n) is 8.04. The van der Waals surface area contributed by atoms with Gasteiger partial charge in [-0.1, -0.05) is 20.8 Å². The predicted molar refractivity (Wildman–Crippen MR) is 90.0 cm³/mol. The van der Waals surface area contributed by atoms with Gasteiger partial charge >= 0.3 is 0 Å². The van der Waals surface area contributed by atoms with Gasteiger partial charge in [-0.3, -0.25) is 0 Å². The monoisotopic (exact) mass is 327 g/mol. The molecule has 1 aliphatic heterocycles. The summed E-state index contributed by atoms with van der Waals surface area (Å²) >= 11 is 0. The smallest absolute Gasteiger partial charge is 0.179 e. The molecule has 23 heavy (non-hydrogen) atoms. The van der Waals surface area contributed by atoms with Crippen molar-refractivity contribution in [3.05, 3.63) is 12.5 Å². The van der Waals surface area contributed by atoms with Gasteiger partial charge in [-0.25, -0.2) is 0 Å². The molecule has 0 bridgehead atoms. The molecule has 2 aliphatic rings. The zero-order valence-corrected chi connectivity index (χ0v) is 14.9. The highest BCUT2D eigenvalue weighted by molar-refractivity contribution is 4.91. The highest BCUT2D eigenvalue weighted by Gasteiger charge is 2.46. The first kappa shape index (κ1) is 18.6. The van der Waals surface area contributed by atoms with Crippen LogP contribution >= 0.6 is 0 Å². The zero-order chi connectivity index (χ0) is 17.1. The SMILES string of the molecule is C=C(O)N(CCCO)CC1COC2(CCC(C(C)(C)C)CC2)O1. The van der Waals surface area contributed by atoms with Crippen molar-refractivity contribution in [3.63, 3.8) is 0 Å². The molecule has 1 saturated carbocycles. The van der Waals surface area contributed by atoms with Crippen LogP contribution in [0.15, 0.2) is 12.5 Å². The summed E-state index contributed by atoms with van der Waals surface area (Å²) in [4.78, 5) is 1.75. The topological polar surface area (TPSA) is 62.2 Å². The quantitative estimate of drug-likeness (QED) is 0.734. The number of aliphatic hydroxyl groups excluding tert-OH is 2. The fourth-order valence-corrected chi connectivity index (χ4v) is 3.73. The molecule has 1 atom stereocenters. The molecule has 1 saturated heterocycles. The van der Waals surface area contributed by atoms with E-state index >= 15 is 0 Å². The third-order valence-corrected chi connectivity index (χ3v) is 5.26. The van der Waals surface area contributed by atoms with E-state index in [0.717, 1.165) is 31.6 Å². The van der Waals surface area contributed by atoms with Crippen LogP contribution in [-0.2, 0) is 9.47 Å². The first-order valence-corrected chi connectivity index (χ1v) is 8.81. The van der Waals surface area contributed by atoms with Crippen molar-refractivity contribution in [2.24, 2.45) is 11.3 Å². The molecule has 5 heteroatoms. The molecule has 5 nitrogen and oxygen atoms in total. The van der Waals surface area contributed by atoms with Crippen LogP contribution in [0.4, 0.5) is 0 Å². The Morgan fingerprint density at radius 1 is 1.30 bits per heavy atom. The van der Waals surface area contributed by atoms with Gasteiger partial charge in [0.1, 0.15) is 6.10 Å². The lowest BCUT2D eigenvalue weighted by Crippen LogP contribution is -2.40. The minimum atomic E-state index is -0.425. The van der Waals surface area contributed by atoms with Crippen molar-refractivity contribution >= 4 is 0 Å². The summed E-state index contributed by atoms with van der Waals surface area (Å²) in [5.41, 5.74) is 0.343. The molecular weight excluding hydrogens is 294 g/mol. The van der Waals surface area contributed by atoms with Crippen LogP contribution in [0.1, 0.15) is 52.9 Å². The molecular formula is C18H33NO4. The van der Waals surface area contributed by atoms with Crippen molar-refractivity contribution in [1.29, 1.82) is 0 Å². The Hall–Kier alpha value is -0.780. The molecule has 134 valence electrons. The lowest BCUT2D eigenvalue weighted by molar-refractivity contribution is -0.197. The molecule has 1 unspecified atom stereocenters. The summed E-state index contributed by atoms with van der Waals surface area (Å²) in [5, 5.41) is 18.6. The Balaban J connectivity index is 1.85. The fourth-order valence-electron chi connectivity index (χ4n) is 3.73. The third kappa shape index (κ3) is 4.85. The maximum absolute atomic E-state index is 9.68. The van der Waals surface area contributed by atoms with Gasteiger partial charge in [0.15, 0.2) is 11.7 Å². The third-order valence-electron chi connectivity index (χ3n) is 5.26. The van der Waals surface area contributed by atoms with E-state index < -0.39 is 5.79 Å². The maximum Gasteiger partial charge on any atom is 0.179 e. The van der Waals surface area contributed by atoms with Crippen LogP contribution in [-0.4, -0.2) is 53.3 Å². The number of nitrogens with zero attached hydrogens (tertiary/aromatic N) is 1. The Kier molecular flexibility index (Phi) is 5.98. The summed E-state index contributed by atoms with van der Waals surface area (Å²) in [6.45, 7) is 12.3. The van der Waals surface area contributed by atoms with Gasteiger partial charge in [-0.05, 0) is 37.2 Å². The van der Waals surface area contributed by atoms with Gasteiger partial charge in [0.05, 0.1) is 6.61 Å². The summed E-state index contributed by atoms with van der Waals surface area (Å²) in [6.07, 6.45) is 4.72. The molecule has 0 aromatic rings. The van der Waals surface area contributed by atoms with Crippen LogP contribution in [0.3, 0.4) is 0 Å². The lowest BCUT2D eigenvalue weighted by Gasteiger charge is -2.41. The highest BCUT2D eigenvalue weighted by atomic mass is 16.7. The first-order chi connectivity index (χ1) is 10.8. The molecule has 2 N–H and O–H groups in total. The summed E-state index contributed by atoms with van der Waals surface area (Å²) in [6, 6.07) is 0. The Morgan fingerprint density at radius 2 is 1.96 bits per heavy atom. The normalized spacial score (nSPS) is 31.5. The second-order valence-corrected chi connectivity index (χ2v) is 8.04.